The van der Waals surface area contributed by atoms with Crippen LogP contribution in [-0.4, -0.2) is 19.2 Å². The SMILES string of the molecule is Cc1ccc2nc(S(=O)C(C)(C)c3ccccn3)[nH]c2c1. The molecule has 3 rings (SSSR count). The van der Waals surface area contributed by atoms with E-state index in [2.05, 4.69) is 15.0 Å². The van der Waals surface area contributed by atoms with Crippen LogP contribution in [-0.2, 0) is 15.5 Å². The highest BCUT2D eigenvalue weighted by Gasteiger charge is 2.32. The molecule has 1 atom stereocenters. The number of nitrogens with zero attached hydrogens (tertiary/aromatic N) is 2. The summed E-state index contributed by atoms with van der Waals surface area (Å²) in [6.45, 7) is 5.86. The summed E-state index contributed by atoms with van der Waals surface area (Å²) in [6.07, 6.45) is 1.72. The Kier molecular flexibility index (Phi) is 3.37. The number of aromatic amines is 1. The van der Waals surface area contributed by atoms with Crippen LogP contribution in [0, 0.1) is 6.92 Å². The van der Waals surface area contributed by atoms with Gasteiger partial charge in [-0.15, -0.1) is 0 Å². The second-order valence-electron chi connectivity index (χ2n) is 5.56. The van der Waals surface area contributed by atoms with Crippen molar-refractivity contribution in [1.29, 1.82) is 0 Å². The Labute approximate surface area is 126 Å². The number of hydrogen-bond donors (Lipinski definition) is 1. The number of imidazole rings is 1. The van der Waals surface area contributed by atoms with Crippen LogP contribution in [0.3, 0.4) is 0 Å². The first-order chi connectivity index (χ1) is 9.98. The first-order valence-electron chi connectivity index (χ1n) is 6.78. The summed E-state index contributed by atoms with van der Waals surface area (Å²) in [7, 11) is -1.31. The van der Waals surface area contributed by atoms with Crippen molar-refractivity contribution in [2.75, 3.05) is 0 Å². The number of H-pyrrole nitrogens is 1. The lowest BCUT2D eigenvalue weighted by Crippen LogP contribution is -2.25. The Bertz CT molecular complexity index is 809. The number of fused-ring (bicyclic) bond motifs is 1. The van der Waals surface area contributed by atoms with Crippen LogP contribution in [0.4, 0.5) is 0 Å². The summed E-state index contributed by atoms with van der Waals surface area (Å²) < 4.78 is 12.3. The smallest absolute Gasteiger partial charge is 0.198 e. The predicted octanol–water partition coefficient (Wildman–Crippen LogP) is 3.31. The van der Waals surface area contributed by atoms with E-state index in [0.29, 0.717) is 5.16 Å². The number of aryl methyl sites for hydroxylation is 1. The van der Waals surface area contributed by atoms with E-state index in [1.807, 2.05) is 57.2 Å². The number of nitrogens with one attached hydrogen (secondary N) is 1. The first kappa shape index (κ1) is 13.9. The monoisotopic (exact) mass is 299 g/mol. The fraction of sp³-hybridized carbons (Fsp3) is 0.250. The quantitative estimate of drug-likeness (QED) is 0.807. The highest BCUT2D eigenvalue weighted by Crippen LogP contribution is 2.29. The molecule has 0 aliphatic heterocycles. The Morgan fingerprint density at radius 1 is 1.19 bits per heavy atom. The zero-order valence-electron chi connectivity index (χ0n) is 12.3. The molecule has 4 nitrogen and oxygen atoms in total. The molecule has 0 saturated carbocycles. The van der Waals surface area contributed by atoms with Crippen LogP contribution in [0.1, 0.15) is 25.1 Å². The van der Waals surface area contributed by atoms with E-state index in [1.165, 1.54) is 0 Å². The van der Waals surface area contributed by atoms with Crippen molar-refractivity contribution >= 4 is 21.8 Å². The van der Waals surface area contributed by atoms with Gasteiger partial charge in [-0.2, -0.15) is 0 Å². The molecule has 5 heteroatoms. The molecule has 0 aliphatic carbocycles. The van der Waals surface area contributed by atoms with Gasteiger partial charge in [-0.1, -0.05) is 12.1 Å². The number of rotatable bonds is 3. The summed E-state index contributed by atoms with van der Waals surface area (Å²) in [6, 6.07) is 11.6. The molecule has 0 bridgehead atoms. The van der Waals surface area contributed by atoms with E-state index < -0.39 is 15.5 Å². The van der Waals surface area contributed by atoms with E-state index in [4.69, 9.17) is 0 Å². The van der Waals surface area contributed by atoms with Gasteiger partial charge in [-0.25, -0.2) is 4.98 Å². The summed E-state index contributed by atoms with van der Waals surface area (Å²) in [5, 5.41) is 0.492. The molecule has 0 radical (unpaired) electrons. The molecule has 2 heterocycles. The van der Waals surface area contributed by atoms with Crippen LogP contribution in [0.15, 0.2) is 47.8 Å². The van der Waals surface area contributed by atoms with Gasteiger partial charge in [-0.3, -0.25) is 9.19 Å². The van der Waals surface area contributed by atoms with Gasteiger partial charge in [0.15, 0.2) is 5.16 Å². The van der Waals surface area contributed by atoms with Gasteiger partial charge in [0.25, 0.3) is 0 Å². The van der Waals surface area contributed by atoms with Crippen LogP contribution >= 0.6 is 0 Å². The molecular formula is C16H17N3OS. The summed E-state index contributed by atoms with van der Waals surface area (Å²) in [5.41, 5.74) is 3.68. The van der Waals surface area contributed by atoms with Gasteiger partial charge < -0.3 is 4.98 Å². The summed E-state index contributed by atoms with van der Waals surface area (Å²) >= 11 is 0. The predicted molar refractivity (Wildman–Crippen MR) is 84.5 cm³/mol. The van der Waals surface area contributed by atoms with Crippen LogP contribution in [0.2, 0.25) is 0 Å². The zero-order valence-corrected chi connectivity index (χ0v) is 13.1. The lowest BCUT2D eigenvalue weighted by atomic mass is 10.1. The molecule has 0 saturated heterocycles. The fourth-order valence-corrected chi connectivity index (χ4v) is 3.42. The minimum Gasteiger partial charge on any atom is -0.331 e. The Balaban J connectivity index is 2.03. The minimum absolute atomic E-state index is 0.492. The zero-order chi connectivity index (χ0) is 15.0. The van der Waals surface area contributed by atoms with Crippen molar-refractivity contribution in [3.63, 3.8) is 0 Å². The van der Waals surface area contributed by atoms with E-state index in [-0.39, 0.29) is 0 Å². The molecule has 108 valence electrons. The highest BCUT2D eigenvalue weighted by molar-refractivity contribution is 7.85. The van der Waals surface area contributed by atoms with Gasteiger partial charge >= 0.3 is 0 Å². The third kappa shape index (κ3) is 2.49. The number of benzene rings is 1. The maximum atomic E-state index is 12.9. The van der Waals surface area contributed by atoms with Crippen molar-refractivity contribution in [2.24, 2.45) is 0 Å². The van der Waals surface area contributed by atoms with Crippen molar-refractivity contribution in [1.82, 2.24) is 15.0 Å². The fourth-order valence-electron chi connectivity index (χ4n) is 2.24. The van der Waals surface area contributed by atoms with Crippen LogP contribution < -0.4 is 0 Å². The van der Waals surface area contributed by atoms with E-state index in [9.17, 15) is 4.21 Å². The second kappa shape index (κ2) is 5.07. The van der Waals surface area contributed by atoms with Crippen LogP contribution in [0.25, 0.3) is 11.0 Å². The molecule has 21 heavy (non-hydrogen) atoms. The van der Waals surface area contributed by atoms with Gasteiger partial charge in [0.05, 0.1) is 21.5 Å². The third-order valence-electron chi connectivity index (χ3n) is 3.54. The Hall–Kier alpha value is -2.01. The third-order valence-corrected chi connectivity index (χ3v) is 5.22. The molecular weight excluding hydrogens is 282 g/mol. The normalized spacial score (nSPS) is 13.5. The lowest BCUT2D eigenvalue weighted by molar-refractivity contribution is 0.628. The van der Waals surface area contributed by atoms with Crippen molar-refractivity contribution < 1.29 is 4.21 Å². The molecule has 0 fully saturated rings. The van der Waals surface area contributed by atoms with E-state index in [1.54, 1.807) is 6.20 Å². The molecule has 1 unspecified atom stereocenters. The number of hydrogen-bond acceptors (Lipinski definition) is 3. The lowest BCUT2D eigenvalue weighted by Gasteiger charge is -2.21. The molecule has 0 amide bonds. The summed E-state index contributed by atoms with van der Waals surface area (Å²) in [5.74, 6) is 0. The van der Waals surface area contributed by atoms with E-state index in [0.717, 1.165) is 22.3 Å². The van der Waals surface area contributed by atoms with E-state index >= 15 is 0 Å². The van der Waals surface area contributed by atoms with Crippen molar-refractivity contribution in [3.8, 4) is 0 Å². The van der Waals surface area contributed by atoms with Gasteiger partial charge in [-0.05, 0) is 50.6 Å². The maximum absolute atomic E-state index is 12.9. The molecule has 0 aliphatic rings. The molecule has 2 aromatic heterocycles. The first-order valence-corrected chi connectivity index (χ1v) is 7.93. The van der Waals surface area contributed by atoms with Crippen molar-refractivity contribution in [2.45, 2.75) is 30.7 Å². The largest absolute Gasteiger partial charge is 0.331 e. The Morgan fingerprint density at radius 3 is 2.71 bits per heavy atom. The van der Waals surface area contributed by atoms with Crippen molar-refractivity contribution in [3.05, 3.63) is 53.9 Å². The number of pyridine rings is 1. The van der Waals surface area contributed by atoms with Crippen LogP contribution in [0.5, 0.6) is 0 Å². The summed E-state index contributed by atoms with van der Waals surface area (Å²) in [4.78, 5) is 12.0. The average molecular weight is 299 g/mol. The minimum atomic E-state index is -1.31. The van der Waals surface area contributed by atoms with Gasteiger partial charge in [0.1, 0.15) is 10.8 Å². The second-order valence-corrected chi connectivity index (χ2v) is 7.50. The highest BCUT2D eigenvalue weighted by atomic mass is 32.2. The molecule has 0 spiro atoms. The van der Waals surface area contributed by atoms with Gasteiger partial charge in [0.2, 0.25) is 0 Å². The number of aromatic nitrogens is 3. The van der Waals surface area contributed by atoms with Gasteiger partial charge in [0, 0.05) is 6.20 Å². The topological polar surface area (TPSA) is 58.6 Å². The maximum Gasteiger partial charge on any atom is 0.198 e. The molecule has 1 N–H and O–H groups in total. The Morgan fingerprint density at radius 2 is 2.00 bits per heavy atom. The molecule has 3 aromatic rings. The average Bonchev–Trinajstić information content (AvgIpc) is 2.90. The standard InChI is InChI=1S/C16H17N3OS/c1-11-7-8-12-13(10-11)19-15(18-12)21(20)16(2,3)14-6-4-5-9-17-14/h4-10H,1-3H3,(H,18,19). The molecule has 1 aromatic carbocycles.